The summed E-state index contributed by atoms with van der Waals surface area (Å²) in [4.78, 5) is 14.7. The first kappa shape index (κ1) is 12.2. The van der Waals surface area contributed by atoms with Gasteiger partial charge >= 0.3 is 5.97 Å². The van der Waals surface area contributed by atoms with Crippen molar-refractivity contribution in [2.45, 2.75) is 6.92 Å². The molecule has 0 spiro atoms. The summed E-state index contributed by atoms with van der Waals surface area (Å²) in [6.45, 7) is 1.84. The van der Waals surface area contributed by atoms with Gasteiger partial charge in [-0.25, -0.2) is 4.79 Å². The highest BCUT2D eigenvalue weighted by atomic mass is 16.5. The van der Waals surface area contributed by atoms with Crippen molar-refractivity contribution < 1.29 is 14.3 Å². The van der Waals surface area contributed by atoms with Crippen LogP contribution in [0, 0.1) is 6.92 Å². The maximum atomic E-state index is 11.6. The highest BCUT2D eigenvalue weighted by Crippen LogP contribution is 2.30. The van der Waals surface area contributed by atoms with Crippen molar-refractivity contribution in [2.75, 3.05) is 14.2 Å². The third-order valence-corrected chi connectivity index (χ3v) is 2.82. The van der Waals surface area contributed by atoms with E-state index in [0.717, 1.165) is 22.7 Å². The molecule has 4 heteroatoms. The summed E-state index contributed by atoms with van der Waals surface area (Å²) >= 11 is 0. The number of H-pyrrole nitrogens is 1. The van der Waals surface area contributed by atoms with E-state index < -0.39 is 0 Å². The molecule has 1 N–H and O–H groups in total. The SMILES string of the molecule is COC(=O)c1cc(-c2ccccc2OC)[nH]c1C. The fraction of sp³-hybridized carbons (Fsp3) is 0.214. The highest BCUT2D eigenvalue weighted by molar-refractivity contribution is 5.92. The number of aromatic amines is 1. The first-order chi connectivity index (χ1) is 8.67. The van der Waals surface area contributed by atoms with Gasteiger partial charge in [-0.3, -0.25) is 0 Å². The molecule has 1 aromatic carbocycles. The second-order valence-corrected chi connectivity index (χ2v) is 3.91. The zero-order valence-electron chi connectivity index (χ0n) is 10.6. The molecule has 94 valence electrons. The van der Waals surface area contributed by atoms with Crippen LogP contribution in [0.5, 0.6) is 5.75 Å². The van der Waals surface area contributed by atoms with E-state index in [1.807, 2.05) is 31.2 Å². The van der Waals surface area contributed by atoms with Crippen LogP contribution in [0.2, 0.25) is 0 Å². The van der Waals surface area contributed by atoms with Gasteiger partial charge in [-0.1, -0.05) is 12.1 Å². The molecule has 0 bridgehead atoms. The van der Waals surface area contributed by atoms with E-state index in [-0.39, 0.29) is 5.97 Å². The molecule has 18 heavy (non-hydrogen) atoms. The van der Waals surface area contributed by atoms with E-state index in [4.69, 9.17) is 9.47 Å². The Bertz CT molecular complexity index is 572. The highest BCUT2D eigenvalue weighted by Gasteiger charge is 2.15. The molecule has 0 aliphatic rings. The maximum absolute atomic E-state index is 11.6. The van der Waals surface area contributed by atoms with E-state index in [1.54, 1.807) is 13.2 Å². The second-order valence-electron chi connectivity index (χ2n) is 3.91. The summed E-state index contributed by atoms with van der Waals surface area (Å²) in [5, 5.41) is 0. The summed E-state index contributed by atoms with van der Waals surface area (Å²) in [5.41, 5.74) is 3.07. The van der Waals surface area contributed by atoms with Crippen LogP contribution >= 0.6 is 0 Å². The number of hydrogen-bond acceptors (Lipinski definition) is 3. The molecule has 0 unspecified atom stereocenters. The summed E-state index contributed by atoms with van der Waals surface area (Å²) < 4.78 is 10.0. The van der Waals surface area contributed by atoms with Gasteiger partial charge < -0.3 is 14.5 Å². The van der Waals surface area contributed by atoms with Crippen LogP contribution in [0.3, 0.4) is 0 Å². The Morgan fingerprint density at radius 3 is 2.61 bits per heavy atom. The number of benzene rings is 1. The van der Waals surface area contributed by atoms with Gasteiger partial charge in [-0.15, -0.1) is 0 Å². The number of esters is 1. The van der Waals surface area contributed by atoms with Gasteiger partial charge in [0.25, 0.3) is 0 Å². The molecule has 0 saturated carbocycles. The lowest BCUT2D eigenvalue weighted by molar-refractivity contribution is 0.0600. The van der Waals surface area contributed by atoms with Gasteiger partial charge in [0.05, 0.1) is 25.5 Å². The number of rotatable bonds is 3. The van der Waals surface area contributed by atoms with Crippen molar-refractivity contribution in [1.82, 2.24) is 4.98 Å². The molecule has 2 rings (SSSR count). The third kappa shape index (κ3) is 2.09. The van der Waals surface area contributed by atoms with Crippen molar-refractivity contribution in [2.24, 2.45) is 0 Å². The first-order valence-corrected chi connectivity index (χ1v) is 5.58. The predicted molar refractivity (Wildman–Crippen MR) is 68.9 cm³/mol. The maximum Gasteiger partial charge on any atom is 0.339 e. The number of carbonyl (C=O) groups is 1. The summed E-state index contributed by atoms with van der Waals surface area (Å²) in [7, 11) is 2.99. The topological polar surface area (TPSA) is 51.3 Å². The normalized spacial score (nSPS) is 10.2. The van der Waals surface area contributed by atoms with E-state index in [0.29, 0.717) is 5.56 Å². The molecule has 0 amide bonds. The average Bonchev–Trinajstić information content (AvgIpc) is 2.79. The largest absolute Gasteiger partial charge is 0.496 e. The molecular formula is C14H15NO3. The zero-order chi connectivity index (χ0) is 13.1. The summed E-state index contributed by atoms with van der Waals surface area (Å²) in [5.74, 6) is 0.417. The van der Waals surface area contributed by atoms with Gasteiger partial charge in [0, 0.05) is 11.3 Å². The number of para-hydroxylation sites is 1. The van der Waals surface area contributed by atoms with Crippen LogP contribution in [-0.2, 0) is 4.74 Å². The van der Waals surface area contributed by atoms with Crippen LogP contribution in [0.15, 0.2) is 30.3 Å². The van der Waals surface area contributed by atoms with Crippen molar-refractivity contribution >= 4 is 5.97 Å². The molecule has 0 atom stereocenters. The molecule has 0 aliphatic carbocycles. The minimum Gasteiger partial charge on any atom is -0.496 e. The van der Waals surface area contributed by atoms with Crippen LogP contribution in [0.25, 0.3) is 11.3 Å². The van der Waals surface area contributed by atoms with Crippen LogP contribution in [0.1, 0.15) is 16.1 Å². The van der Waals surface area contributed by atoms with Crippen LogP contribution in [-0.4, -0.2) is 25.2 Å². The Labute approximate surface area is 106 Å². The molecule has 0 fully saturated rings. The van der Waals surface area contributed by atoms with Gasteiger partial charge in [0.15, 0.2) is 0 Å². The number of aryl methyl sites for hydroxylation is 1. The van der Waals surface area contributed by atoms with Gasteiger partial charge in [-0.2, -0.15) is 0 Å². The third-order valence-electron chi connectivity index (χ3n) is 2.82. The van der Waals surface area contributed by atoms with E-state index in [2.05, 4.69) is 4.98 Å². The minimum absolute atomic E-state index is 0.343. The summed E-state index contributed by atoms with van der Waals surface area (Å²) in [6.07, 6.45) is 0. The van der Waals surface area contributed by atoms with E-state index >= 15 is 0 Å². The van der Waals surface area contributed by atoms with E-state index in [1.165, 1.54) is 7.11 Å². The lowest BCUT2D eigenvalue weighted by atomic mass is 10.1. The molecule has 0 saturated heterocycles. The Morgan fingerprint density at radius 2 is 1.94 bits per heavy atom. The number of aromatic nitrogens is 1. The lowest BCUT2D eigenvalue weighted by Crippen LogP contribution is -2.00. The predicted octanol–water partition coefficient (Wildman–Crippen LogP) is 2.79. The van der Waals surface area contributed by atoms with Crippen molar-refractivity contribution in [1.29, 1.82) is 0 Å². The standard InChI is InChI=1S/C14H15NO3/c1-9-11(14(16)18-3)8-12(15-9)10-6-4-5-7-13(10)17-2/h4-8,15H,1-3H3. The Morgan fingerprint density at radius 1 is 1.22 bits per heavy atom. The fourth-order valence-electron chi connectivity index (χ4n) is 1.89. The average molecular weight is 245 g/mol. The first-order valence-electron chi connectivity index (χ1n) is 5.58. The van der Waals surface area contributed by atoms with E-state index in [9.17, 15) is 4.79 Å². The molecule has 1 heterocycles. The quantitative estimate of drug-likeness (QED) is 0.846. The Kier molecular flexibility index (Phi) is 3.37. The molecule has 1 aromatic heterocycles. The number of carbonyl (C=O) groups excluding carboxylic acids is 1. The molecule has 0 aliphatic heterocycles. The number of ether oxygens (including phenoxy) is 2. The Hall–Kier alpha value is -2.23. The molecule has 2 aromatic rings. The summed E-state index contributed by atoms with van der Waals surface area (Å²) in [6, 6.07) is 9.42. The van der Waals surface area contributed by atoms with Crippen LogP contribution < -0.4 is 4.74 Å². The van der Waals surface area contributed by atoms with Gasteiger partial charge in [0.1, 0.15) is 5.75 Å². The molecule has 0 radical (unpaired) electrons. The fourth-order valence-corrected chi connectivity index (χ4v) is 1.89. The number of nitrogens with one attached hydrogen (secondary N) is 1. The van der Waals surface area contributed by atoms with Crippen molar-refractivity contribution in [3.63, 3.8) is 0 Å². The van der Waals surface area contributed by atoms with Gasteiger partial charge in [-0.05, 0) is 25.1 Å². The van der Waals surface area contributed by atoms with Crippen molar-refractivity contribution in [3.8, 4) is 17.0 Å². The van der Waals surface area contributed by atoms with Gasteiger partial charge in [0.2, 0.25) is 0 Å². The Balaban J connectivity index is 2.49. The minimum atomic E-state index is -0.343. The monoisotopic (exact) mass is 245 g/mol. The zero-order valence-corrected chi connectivity index (χ0v) is 10.6. The number of hydrogen-bond donors (Lipinski definition) is 1. The van der Waals surface area contributed by atoms with Crippen LogP contribution in [0.4, 0.5) is 0 Å². The lowest BCUT2D eigenvalue weighted by Gasteiger charge is -2.05. The second kappa shape index (κ2) is 4.96. The molecule has 4 nitrogen and oxygen atoms in total. The number of methoxy groups -OCH3 is 2. The smallest absolute Gasteiger partial charge is 0.339 e. The molecular weight excluding hydrogens is 230 g/mol. The van der Waals surface area contributed by atoms with Crippen molar-refractivity contribution in [3.05, 3.63) is 41.6 Å².